The fraction of sp³-hybridized carbons (Fsp3) is 0.333. The number of rotatable bonds is 3. The van der Waals surface area contributed by atoms with Crippen molar-refractivity contribution in [3.63, 3.8) is 0 Å². The molecular formula is C15H13ClF2S2. The van der Waals surface area contributed by atoms with Gasteiger partial charge in [-0.25, -0.2) is 8.78 Å². The third-order valence-electron chi connectivity index (χ3n) is 3.40. The first-order valence-electron chi connectivity index (χ1n) is 6.41. The van der Waals surface area contributed by atoms with Crippen molar-refractivity contribution in [2.45, 2.75) is 24.0 Å². The molecule has 1 aliphatic rings. The molecule has 0 saturated carbocycles. The van der Waals surface area contributed by atoms with Gasteiger partial charge in [0.1, 0.15) is 11.6 Å². The number of halogens is 3. The first kappa shape index (κ1) is 14.4. The van der Waals surface area contributed by atoms with E-state index in [9.17, 15) is 8.78 Å². The topological polar surface area (TPSA) is 0 Å². The zero-order valence-corrected chi connectivity index (χ0v) is 13.1. The molecule has 0 amide bonds. The molecule has 0 saturated heterocycles. The number of hydrogen-bond donors (Lipinski definition) is 0. The summed E-state index contributed by atoms with van der Waals surface area (Å²) in [5, 5.41) is -0.373. The van der Waals surface area contributed by atoms with Gasteiger partial charge in [0.15, 0.2) is 0 Å². The lowest BCUT2D eigenvalue weighted by molar-refractivity contribution is 0.553. The van der Waals surface area contributed by atoms with Crippen LogP contribution in [0, 0.1) is 11.6 Å². The van der Waals surface area contributed by atoms with E-state index in [1.54, 1.807) is 11.3 Å². The largest absolute Gasteiger partial charge is 0.207 e. The Bertz CT molecular complexity index is 581. The molecule has 1 unspecified atom stereocenters. The van der Waals surface area contributed by atoms with Crippen molar-refractivity contribution in [1.82, 2.24) is 0 Å². The normalized spacial score (nSPS) is 15.9. The lowest BCUT2D eigenvalue weighted by Crippen LogP contribution is -2.00. The van der Waals surface area contributed by atoms with Crippen molar-refractivity contribution in [2.24, 2.45) is 0 Å². The van der Waals surface area contributed by atoms with E-state index in [1.807, 2.05) is 11.8 Å². The summed E-state index contributed by atoms with van der Waals surface area (Å²) >= 11 is 9.97. The van der Waals surface area contributed by atoms with Crippen molar-refractivity contribution in [3.8, 4) is 0 Å². The zero-order valence-electron chi connectivity index (χ0n) is 10.7. The molecule has 2 heterocycles. The number of alkyl halides is 1. The lowest BCUT2D eigenvalue weighted by Gasteiger charge is -2.09. The van der Waals surface area contributed by atoms with Gasteiger partial charge in [-0.05, 0) is 42.4 Å². The Kier molecular flexibility index (Phi) is 4.34. The molecule has 106 valence electrons. The van der Waals surface area contributed by atoms with Crippen molar-refractivity contribution in [2.75, 3.05) is 5.75 Å². The summed E-state index contributed by atoms with van der Waals surface area (Å²) in [5.41, 5.74) is 1.41. The van der Waals surface area contributed by atoms with Gasteiger partial charge in [-0.3, -0.25) is 0 Å². The molecule has 20 heavy (non-hydrogen) atoms. The third-order valence-corrected chi connectivity index (χ3v) is 6.28. The van der Waals surface area contributed by atoms with Gasteiger partial charge in [-0.15, -0.1) is 22.9 Å². The number of thiophene rings is 1. The monoisotopic (exact) mass is 330 g/mol. The van der Waals surface area contributed by atoms with Crippen LogP contribution < -0.4 is 0 Å². The van der Waals surface area contributed by atoms with E-state index in [4.69, 9.17) is 11.6 Å². The molecule has 1 atom stereocenters. The number of aryl methyl sites for hydroxylation is 1. The second-order valence-electron chi connectivity index (χ2n) is 4.77. The summed E-state index contributed by atoms with van der Waals surface area (Å²) in [5.74, 6) is 1.12. The van der Waals surface area contributed by atoms with Crippen molar-refractivity contribution < 1.29 is 8.78 Å². The maximum atomic E-state index is 13.7. The highest BCUT2D eigenvalue weighted by Gasteiger charge is 2.20. The van der Waals surface area contributed by atoms with Crippen LogP contribution in [0.25, 0.3) is 0 Å². The van der Waals surface area contributed by atoms with E-state index in [-0.39, 0.29) is 17.4 Å². The summed E-state index contributed by atoms with van der Waals surface area (Å²) in [6.07, 6.45) is 1.26. The second-order valence-corrected chi connectivity index (χ2v) is 7.57. The van der Waals surface area contributed by atoms with E-state index >= 15 is 0 Å². The van der Waals surface area contributed by atoms with Crippen LogP contribution in [0.2, 0.25) is 0 Å². The standard InChI is InChI=1S/C15H13ClF2S2/c16-11(7-10-12(17)2-1-3-13(10)18)15-6-9-8-19-5-4-14(9)20-15/h1-3,6,11H,4-5,7-8H2. The quantitative estimate of drug-likeness (QED) is 0.685. The number of thioether (sulfide) groups is 1. The Labute approximate surface area is 130 Å². The summed E-state index contributed by atoms with van der Waals surface area (Å²) in [6.45, 7) is 0. The number of fused-ring (bicyclic) bond motifs is 1. The highest BCUT2D eigenvalue weighted by atomic mass is 35.5. The zero-order chi connectivity index (χ0) is 14.1. The predicted molar refractivity (Wildman–Crippen MR) is 82.8 cm³/mol. The first-order chi connectivity index (χ1) is 9.65. The van der Waals surface area contributed by atoms with Crippen LogP contribution in [0.5, 0.6) is 0 Å². The minimum Gasteiger partial charge on any atom is -0.207 e. The van der Waals surface area contributed by atoms with Gasteiger partial charge in [-0.1, -0.05) is 6.07 Å². The van der Waals surface area contributed by atoms with E-state index in [0.29, 0.717) is 0 Å². The number of benzene rings is 1. The molecule has 1 aliphatic heterocycles. The summed E-state index contributed by atoms with van der Waals surface area (Å²) in [4.78, 5) is 2.39. The molecule has 0 N–H and O–H groups in total. The van der Waals surface area contributed by atoms with E-state index in [0.717, 1.165) is 22.8 Å². The average molecular weight is 331 g/mol. The van der Waals surface area contributed by atoms with Gasteiger partial charge in [0.05, 0.1) is 5.38 Å². The second kappa shape index (κ2) is 6.04. The summed E-state index contributed by atoms with van der Waals surface area (Å²) in [7, 11) is 0. The van der Waals surface area contributed by atoms with Gasteiger partial charge in [0, 0.05) is 21.1 Å². The molecular weight excluding hydrogens is 318 g/mol. The Morgan fingerprint density at radius 1 is 1.25 bits per heavy atom. The summed E-state index contributed by atoms with van der Waals surface area (Å²) < 4.78 is 27.3. The SMILES string of the molecule is Fc1cccc(F)c1CC(Cl)c1cc2c(s1)CCSC2. The Morgan fingerprint density at radius 3 is 2.70 bits per heavy atom. The van der Waals surface area contributed by atoms with Crippen molar-refractivity contribution in [3.05, 3.63) is 56.8 Å². The molecule has 5 heteroatoms. The van der Waals surface area contributed by atoms with Crippen LogP contribution in [0.3, 0.4) is 0 Å². The molecule has 1 aromatic heterocycles. The van der Waals surface area contributed by atoms with Crippen LogP contribution >= 0.6 is 34.7 Å². The van der Waals surface area contributed by atoms with Crippen LogP contribution in [-0.2, 0) is 18.6 Å². The molecule has 0 radical (unpaired) electrons. The summed E-state index contributed by atoms with van der Waals surface area (Å²) in [6, 6.07) is 6.03. The third kappa shape index (κ3) is 2.87. The molecule has 3 rings (SSSR count). The minimum atomic E-state index is -0.521. The van der Waals surface area contributed by atoms with Gasteiger partial charge in [0.25, 0.3) is 0 Å². The van der Waals surface area contributed by atoms with Crippen molar-refractivity contribution >= 4 is 34.7 Å². The molecule has 0 bridgehead atoms. The van der Waals surface area contributed by atoms with E-state index in [1.165, 1.54) is 28.6 Å². The van der Waals surface area contributed by atoms with Gasteiger partial charge in [0.2, 0.25) is 0 Å². The van der Waals surface area contributed by atoms with E-state index in [2.05, 4.69) is 6.07 Å². The fourth-order valence-corrected chi connectivity index (χ4v) is 5.04. The predicted octanol–water partition coefficient (Wildman–Crippen LogP) is 5.34. The Morgan fingerprint density at radius 2 is 2.00 bits per heavy atom. The number of hydrogen-bond acceptors (Lipinski definition) is 2. The molecule has 0 fully saturated rings. The van der Waals surface area contributed by atoms with Gasteiger partial charge < -0.3 is 0 Å². The van der Waals surface area contributed by atoms with Crippen LogP contribution in [-0.4, -0.2) is 5.75 Å². The highest BCUT2D eigenvalue weighted by Crippen LogP contribution is 2.38. The average Bonchev–Trinajstić information content (AvgIpc) is 2.87. The van der Waals surface area contributed by atoms with Gasteiger partial charge >= 0.3 is 0 Å². The molecule has 0 aliphatic carbocycles. The van der Waals surface area contributed by atoms with Crippen LogP contribution in [0.4, 0.5) is 8.78 Å². The highest BCUT2D eigenvalue weighted by molar-refractivity contribution is 7.98. The Hall–Kier alpha value is -0.580. The maximum Gasteiger partial charge on any atom is 0.129 e. The molecule has 2 aromatic rings. The molecule has 1 aromatic carbocycles. The first-order valence-corrected chi connectivity index (χ1v) is 8.82. The smallest absolute Gasteiger partial charge is 0.129 e. The minimum absolute atomic E-state index is 0.0771. The molecule has 0 spiro atoms. The lowest BCUT2D eigenvalue weighted by atomic mass is 10.1. The van der Waals surface area contributed by atoms with Gasteiger partial charge in [-0.2, -0.15) is 11.8 Å². The van der Waals surface area contributed by atoms with Crippen molar-refractivity contribution in [1.29, 1.82) is 0 Å². The fourth-order valence-electron chi connectivity index (χ4n) is 2.33. The van der Waals surface area contributed by atoms with E-state index < -0.39 is 11.6 Å². The van der Waals surface area contributed by atoms with Crippen LogP contribution in [0.15, 0.2) is 24.3 Å². The Balaban J connectivity index is 1.82. The maximum absolute atomic E-state index is 13.7. The molecule has 0 nitrogen and oxygen atoms in total. The van der Waals surface area contributed by atoms with Crippen LogP contribution in [0.1, 0.15) is 26.3 Å².